The summed E-state index contributed by atoms with van der Waals surface area (Å²) in [5, 5.41) is 1.77. The van der Waals surface area contributed by atoms with Crippen LogP contribution in [0.1, 0.15) is 6.92 Å². The molecule has 0 bridgehead atoms. The molecule has 8 atom stereocenters. The van der Waals surface area contributed by atoms with Crippen LogP contribution in [0.5, 0.6) is 0 Å². The van der Waals surface area contributed by atoms with Crippen molar-refractivity contribution in [1.29, 1.82) is 0 Å². The number of hydroxylamine groups is 2. The van der Waals surface area contributed by atoms with E-state index in [-0.39, 0.29) is 42.5 Å². The van der Waals surface area contributed by atoms with Crippen LogP contribution in [0.25, 0.3) is 0 Å². The number of hydrogen-bond acceptors (Lipinski definition) is 8. The molecule has 9 heteroatoms. The van der Waals surface area contributed by atoms with E-state index in [9.17, 15) is 0 Å². The molecule has 2 aliphatic rings. The summed E-state index contributed by atoms with van der Waals surface area (Å²) in [6, 6.07) is -0.474. The highest BCUT2D eigenvalue weighted by Gasteiger charge is 2.45. The number of ether oxygens (including phenoxy) is 6. The average molecular weight is 373 g/mol. The SMILES string of the molecule is [B][C@@H]1O[C@H](COC)[C@@H](CN(C)OCC2O[C@@H](C)[C@H](OC)[C@@H]2OC)[C@H]1OC. The fourth-order valence-electron chi connectivity index (χ4n) is 3.90. The van der Waals surface area contributed by atoms with E-state index >= 15 is 0 Å². The molecule has 2 heterocycles. The summed E-state index contributed by atoms with van der Waals surface area (Å²) >= 11 is 0. The van der Waals surface area contributed by atoms with Gasteiger partial charge in [0.25, 0.3) is 0 Å². The lowest BCUT2D eigenvalue weighted by Gasteiger charge is -2.28. The van der Waals surface area contributed by atoms with Crippen LogP contribution in [0.4, 0.5) is 0 Å². The van der Waals surface area contributed by atoms with Gasteiger partial charge in [0.15, 0.2) is 0 Å². The largest absolute Gasteiger partial charge is 0.382 e. The molecule has 0 N–H and O–H groups in total. The Morgan fingerprint density at radius 2 is 1.54 bits per heavy atom. The first-order valence-electron chi connectivity index (χ1n) is 8.94. The first-order chi connectivity index (χ1) is 12.5. The first kappa shape index (κ1) is 22.0. The maximum Gasteiger partial charge on any atom is 0.114 e. The Balaban J connectivity index is 1.88. The number of nitrogens with zero attached hydrogens (tertiary/aromatic N) is 1. The molecule has 0 aromatic carbocycles. The molecule has 8 nitrogen and oxygen atoms in total. The highest BCUT2D eigenvalue weighted by molar-refractivity contribution is 6.11. The second kappa shape index (κ2) is 10.3. The summed E-state index contributed by atoms with van der Waals surface area (Å²) in [7, 11) is 14.5. The standard InChI is InChI=1S/C17H32BNO7/c1-10-14(21-4)16(23-6)13(25-10)9-24-19(2)7-11-12(8-20-3)26-17(18)15(11)22-5/h10-17H,7-9H2,1-6H3/t10-,11+,12+,13?,14-,15+,16+,17+/m0/s1. The summed E-state index contributed by atoms with van der Waals surface area (Å²) < 4.78 is 33.4. The van der Waals surface area contributed by atoms with E-state index in [0.717, 1.165) is 0 Å². The fourth-order valence-corrected chi connectivity index (χ4v) is 3.90. The fraction of sp³-hybridized carbons (Fsp3) is 1.00. The van der Waals surface area contributed by atoms with Gasteiger partial charge in [-0.15, -0.1) is 0 Å². The Morgan fingerprint density at radius 1 is 0.885 bits per heavy atom. The maximum atomic E-state index is 6.02. The zero-order valence-electron chi connectivity index (χ0n) is 16.6. The summed E-state index contributed by atoms with van der Waals surface area (Å²) in [6.07, 6.45) is -0.873. The average Bonchev–Trinajstić information content (AvgIpc) is 3.08. The van der Waals surface area contributed by atoms with Crippen molar-refractivity contribution in [3.63, 3.8) is 0 Å². The van der Waals surface area contributed by atoms with Gasteiger partial charge in [-0.05, 0) is 6.92 Å². The Labute approximate surface area is 157 Å². The second-order valence-electron chi connectivity index (χ2n) is 6.85. The van der Waals surface area contributed by atoms with Crippen LogP contribution >= 0.6 is 0 Å². The molecule has 0 aromatic rings. The molecule has 2 radical (unpaired) electrons. The minimum atomic E-state index is -0.474. The predicted octanol–water partition coefficient (Wildman–Crippen LogP) is -0.162. The zero-order chi connectivity index (χ0) is 19.3. The molecular formula is C17H32BNO7. The Morgan fingerprint density at radius 3 is 2.12 bits per heavy atom. The summed E-state index contributed by atoms with van der Waals surface area (Å²) in [6.45, 7) is 3.38. The summed E-state index contributed by atoms with van der Waals surface area (Å²) in [5.74, 6) is 0.0355. The van der Waals surface area contributed by atoms with Crippen molar-refractivity contribution in [3.8, 4) is 0 Å². The van der Waals surface area contributed by atoms with Gasteiger partial charge in [-0.2, -0.15) is 5.06 Å². The molecule has 2 fully saturated rings. The highest BCUT2D eigenvalue weighted by Crippen LogP contribution is 2.29. The van der Waals surface area contributed by atoms with Gasteiger partial charge in [0.05, 0.1) is 31.5 Å². The van der Waals surface area contributed by atoms with E-state index in [1.807, 2.05) is 14.0 Å². The van der Waals surface area contributed by atoms with Gasteiger partial charge in [-0.25, -0.2) is 0 Å². The Kier molecular flexibility index (Phi) is 8.76. The Bertz CT molecular complexity index is 419. The van der Waals surface area contributed by atoms with Crippen LogP contribution < -0.4 is 0 Å². The molecule has 0 aromatic heterocycles. The quantitative estimate of drug-likeness (QED) is 0.387. The van der Waals surface area contributed by atoms with Gasteiger partial charge in [-0.1, -0.05) is 0 Å². The monoisotopic (exact) mass is 373 g/mol. The first-order valence-corrected chi connectivity index (χ1v) is 8.94. The third kappa shape index (κ3) is 4.96. The van der Waals surface area contributed by atoms with Crippen molar-refractivity contribution in [2.45, 2.75) is 49.6 Å². The second-order valence-corrected chi connectivity index (χ2v) is 6.85. The van der Waals surface area contributed by atoms with Gasteiger partial charge >= 0.3 is 0 Å². The van der Waals surface area contributed by atoms with Crippen LogP contribution in [0, 0.1) is 5.92 Å². The molecule has 150 valence electrons. The van der Waals surface area contributed by atoms with Crippen molar-refractivity contribution in [2.75, 3.05) is 55.2 Å². The van der Waals surface area contributed by atoms with Crippen molar-refractivity contribution >= 4 is 7.85 Å². The minimum Gasteiger partial charge on any atom is -0.382 e. The van der Waals surface area contributed by atoms with Crippen molar-refractivity contribution < 1.29 is 33.3 Å². The van der Waals surface area contributed by atoms with Gasteiger partial charge < -0.3 is 28.4 Å². The number of rotatable bonds is 10. The minimum absolute atomic E-state index is 0.0355. The van der Waals surface area contributed by atoms with Crippen LogP contribution in [0.3, 0.4) is 0 Å². The molecule has 0 spiro atoms. The maximum absolute atomic E-state index is 6.02. The van der Waals surface area contributed by atoms with Crippen molar-refractivity contribution in [2.24, 2.45) is 5.92 Å². The third-order valence-electron chi connectivity index (χ3n) is 5.17. The normalized spacial score (nSPS) is 40.6. The van der Waals surface area contributed by atoms with Crippen LogP contribution in [0.2, 0.25) is 0 Å². The molecule has 0 aliphatic carbocycles. The van der Waals surface area contributed by atoms with Crippen LogP contribution in [-0.4, -0.2) is 111 Å². The number of methoxy groups -OCH3 is 4. The van der Waals surface area contributed by atoms with Crippen LogP contribution in [-0.2, 0) is 33.3 Å². The highest BCUT2D eigenvalue weighted by atomic mass is 16.7. The zero-order valence-corrected chi connectivity index (χ0v) is 16.6. The molecule has 0 amide bonds. The van der Waals surface area contributed by atoms with E-state index in [2.05, 4.69) is 0 Å². The topological polar surface area (TPSA) is 67.9 Å². The lowest BCUT2D eigenvalue weighted by atomic mass is 9.87. The van der Waals surface area contributed by atoms with Crippen molar-refractivity contribution in [1.82, 2.24) is 5.06 Å². The van der Waals surface area contributed by atoms with E-state index in [1.165, 1.54) is 0 Å². The van der Waals surface area contributed by atoms with Crippen molar-refractivity contribution in [3.05, 3.63) is 0 Å². The van der Waals surface area contributed by atoms with Crippen LogP contribution in [0.15, 0.2) is 0 Å². The molecule has 26 heavy (non-hydrogen) atoms. The molecular weight excluding hydrogens is 341 g/mol. The van der Waals surface area contributed by atoms with E-state index in [0.29, 0.717) is 19.8 Å². The summed E-state index contributed by atoms with van der Waals surface area (Å²) in [5.41, 5.74) is 0. The van der Waals surface area contributed by atoms with Gasteiger partial charge in [0.1, 0.15) is 26.2 Å². The van der Waals surface area contributed by atoms with Gasteiger partial charge in [0, 0.05) is 54.0 Å². The molecule has 1 unspecified atom stereocenters. The number of hydrogen-bond donors (Lipinski definition) is 0. The predicted molar refractivity (Wildman–Crippen MR) is 95.1 cm³/mol. The smallest absolute Gasteiger partial charge is 0.114 e. The van der Waals surface area contributed by atoms with E-state index < -0.39 is 6.00 Å². The lowest BCUT2D eigenvalue weighted by Crippen LogP contribution is -2.42. The molecule has 2 rings (SSSR count). The molecule has 2 aliphatic heterocycles. The summed E-state index contributed by atoms with van der Waals surface area (Å²) in [4.78, 5) is 5.90. The van der Waals surface area contributed by atoms with Gasteiger partial charge in [0.2, 0.25) is 0 Å². The van der Waals surface area contributed by atoms with E-state index in [4.69, 9.17) is 41.1 Å². The lowest BCUT2D eigenvalue weighted by molar-refractivity contribution is -0.188. The van der Waals surface area contributed by atoms with E-state index in [1.54, 1.807) is 33.5 Å². The molecule has 2 saturated heterocycles. The third-order valence-corrected chi connectivity index (χ3v) is 5.17. The molecule has 0 saturated carbocycles. The van der Waals surface area contributed by atoms with Gasteiger partial charge in [-0.3, -0.25) is 4.84 Å². The Hall–Kier alpha value is -0.255.